The van der Waals surface area contributed by atoms with Gasteiger partial charge in [-0.15, -0.1) is 0 Å². The minimum Gasteiger partial charge on any atom is -0.369 e. The Morgan fingerprint density at radius 1 is 1.77 bits per heavy atom. The van der Waals surface area contributed by atoms with E-state index in [1.807, 2.05) is 13.2 Å². The summed E-state index contributed by atoms with van der Waals surface area (Å²) in [5, 5.41) is 3.99. The summed E-state index contributed by atoms with van der Waals surface area (Å²) in [5.74, 6) is -0.643. The molecule has 1 aromatic heterocycles. The van der Waals surface area contributed by atoms with Crippen LogP contribution in [0.5, 0.6) is 0 Å². The zero-order chi connectivity index (χ0) is 9.84. The van der Waals surface area contributed by atoms with Gasteiger partial charge >= 0.3 is 0 Å². The molecule has 0 fully saturated rings. The maximum absolute atomic E-state index is 10.9. The van der Waals surface area contributed by atoms with Gasteiger partial charge in [0.15, 0.2) is 0 Å². The lowest BCUT2D eigenvalue weighted by Crippen LogP contribution is -2.31. The third-order valence-electron chi connectivity index (χ3n) is 1.93. The number of carbonyl (C=O) groups excluding carboxylic acids is 1. The van der Waals surface area contributed by atoms with Gasteiger partial charge in [-0.05, 0) is 12.0 Å². The van der Waals surface area contributed by atoms with Crippen LogP contribution in [0.4, 0.5) is 0 Å². The molecule has 0 saturated heterocycles. The van der Waals surface area contributed by atoms with E-state index < -0.39 is 0 Å². The minimum absolute atomic E-state index is 0.282. The van der Waals surface area contributed by atoms with E-state index in [-0.39, 0.29) is 18.4 Å². The van der Waals surface area contributed by atoms with E-state index >= 15 is 0 Å². The van der Waals surface area contributed by atoms with Crippen LogP contribution in [0.1, 0.15) is 5.56 Å². The summed E-state index contributed by atoms with van der Waals surface area (Å²) in [6.07, 6.45) is 4.14. The topological polar surface area (TPSA) is 86.9 Å². The van der Waals surface area contributed by atoms with Crippen LogP contribution in [0, 0.1) is 5.92 Å². The molecule has 5 nitrogen and oxygen atoms in total. The zero-order valence-electron chi connectivity index (χ0n) is 7.60. The number of aromatic nitrogens is 2. The lowest BCUT2D eigenvalue weighted by atomic mass is 10.0. The van der Waals surface area contributed by atoms with Crippen molar-refractivity contribution in [1.29, 1.82) is 0 Å². The van der Waals surface area contributed by atoms with E-state index in [0.717, 1.165) is 5.56 Å². The minimum atomic E-state index is -0.355. The Morgan fingerprint density at radius 3 is 2.85 bits per heavy atom. The Balaban J connectivity index is 2.61. The molecule has 1 amide bonds. The third-order valence-corrected chi connectivity index (χ3v) is 1.93. The molecule has 0 spiro atoms. The molecule has 4 N–H and O–H groups in total. The van der Waals surface area contributed by atoms with Gasteiger partial charge in [-0.2, -0.15) is 5.10 Å². The van der Waals surface area contributed by atoms with Crippen molar-refractivity contribution < 1.29 is 4.79 Å². The molecule has 0 radical (unpaired) electrons. The van der Waals surface area contributed by atoms with E-state index in [2.05, 4.69) is 5.10 Å². The highest BCUT2D eigenvalue weighted by Crippen LogP contribution is 2.05. The molecular formula is C8H14N4O. The largest absolute Gasteiger partial charge is 0.369 e. The number of nitrogens with zero attached hydrogens (tertiary/aromatic N) is 2. The van der Waals surface area contributed by atoms with Crippen molar-refractivity contribution in [2.24, 2.45) is 24.4 Å². The van der Waals surface area contributed by atoms with Gasteiger partial charge in [-0.1, -0.05) is 0 Å². The molecule has 0 aromatic carbocycles. The number of amides is 1. The van der Waals surface area contributed by atoms with Crippen LogP contribution < -0.4 is 11.5 Å². The van der Waals surface area contributed by atoms with Crippen LogP contribution >= 0.6 is 0 Å². The molecule has 1 aromatic rings. The van der Waals surface area contributed by atoms with E-state index in [0.29, 0.717) is 6.42 Å². The Morgan fingerprint density at radius 2 is 2.46 bits per heavy atom. The van der Waals surface area contributed by atoms with Gasteiger partial charge in [0, 0.05) is 19.8 Å². The number of hydrogen-bond acceptors (Lipinski definition) is 3. The lowest BCUT2D eigenvalue weighted by Gasteiger charge is -2.07. The Hall–Kier alpha value is -1.36. The van der Waals surface area contributed by atoms with Gasteiger partial charge in [0.25, 0.3) is 0 Å². The summed E-state index contributed by atoms with van der Waals surface area (Å²) in [4.78, 5) is 10.9. The van der Waals surface area contributed by atoms with Crippen molar-refractivity contribution >= 4 is 5.91 Å². The quantitative estimate of drug-likeness (QED) is 0.627. The van der Waals surface area contributed by atoms with Crippen LogP contribution in [0.15, 0.2) is 12.4 Å². The number of rotatable bonds is 4. The monoisotopic (exact) mass is 182 g/mol. The van der Waals surface area contributed by atoms with Gasteiger partial charge in [-0.25, -0.2) is 0 Å². The summed E-state index contributed by atoms with van der Waals surface area (Å²) in [6, 6.07) is 0. The van der Waals surface area contributed by atoms with Crippen LogP contribution in [0.25, 0.3) is 0 Å². The van der Waals surface area contributed by atoms with Crippen LogP contribution in [-0.2, 0) is 18.3 Å². The second-order valence-electron chi connectivity index (χ2n) is 3.06. The molecule has 1 rings (SSSR count). The maximum atomic E-state index is 10.9. The fourth-order valence-electron chi connectivity index (χ4n) is 1.16. The summed E-state index contributed by atoms with van der Waals surface area (Å²) in [7, 11) is 1.82. The highest BCUT2D eigenvalue weighted by atomic mass is 16.1. The molecule has 13 heavy (non-hydrogen) atoms. The Kier molecular flexibility index (Phi) is 3.02. The van der Waals surface area contributed by atoms with E-state index in [1.54, 1.807) is 10.9 Å². The average Bonchev–Trinajstić information content (AvgIpc) is 2.46. The molecule has 0 aliphatic heterocycles. The fourth-order valence-corrected chi connectivity index (χ4v) is 1.16. The zero-order valence-corrected chi connectivity index (χ0v) is 7.60. The van der Waals surface area contributed by atoms with Gasteiger partial charge < -0.3 is 11.5 Å². The molecule has 72 valence electrons. The van der Waals surface area contributed by atoms with Crippen molar-refractivity contribution in [3.63, 3.8) is 0 Å². The highest BCUT2D eigenvalue weighted by Gasteiger charge is 2.14. The predicted octanol–water partition coefficient (Wildman–Crippen LogP) is -0.977. The second kappa shape index (κ2) is 4.04. The molecule has 0 saturated carbocycles. The van der Waals surface area contributed by atoms with Crippen LogP contribution in [0.3, 0.4) is 0 Å². The van der Waals surface area contributed by atoms with Crippen molar-refractivity contribution in [1.82, 2.24) is 9.78 Å². The van der Waals surface area contributed by atoms with Gasteiger partial charge in [0.2, 0.25) is 5.91 Å². The summed E-state index contributed by atoms with van der Waals surface area (Å²) >= 11 is 0. The first-order chi connectivity index (χ1) is 6.13. The standard InChI is InChI=1S/C8H14N4O/c1-12-5-6(4-11-12)2-7(3-9)8(10)13/h4-5,7H,2-3,9H2,1H3,(H2,10,13). The lowest BCUT2D eigenvalue weighted by molar-refractivity contribution is -0.121. The summed E-state index contributed by atoms with van der Waals surface area (Å²) in [6.45, 7) is 0.282. The molecule has 1 atom stereocenters. The number of carbonyl (C=O) groups is 1. The first-order valence-corrected chi connectivity index (χ1v) is 4.10. The SMILES string of the molecule is Cn1cc(CC(CN)C(N)=O)cn1. The normalized spacial score (nSPS) is 12.8. The molecule has 1 heterocycles. The Bertz CT molecular complexity index is 294. The van der Waals surface area contributed by atoms with Gasteiger partial charge in [0.1, 0.15) is 0 Å². The first-order valence-electron chi connectivity index (χ1n) is 4.10. The molecule has 0 aliphatic carbocycles. The smallest absolute Gasteiger partial charge is 0.222 e. The average molecular weight is 182 g/mol. The van der Waals surface area contributed by atoms with Crippen LogP contribution in [0.2, 0.25) is 0 Å². The van der Waals surface area contributed by atoms with Crippen molar-refractivity contribution in [2.75, 3.05) is 6.54 Å². The van der Waals surface area contributed by atoms with Gasteiger partial charge in [-0.3, -0.25) is 9.48 Å². The van der Waals surface area contributed by atoms with Crippen LogP contribution in [-0.4, -0.2) is 22.2 Å². The van der Waals surface area contributed by atoms with Gasteiger partial charge in [0.05, 0.1) is 12.1 Å². The second-order valence-corrected chi connectivity index (χ2v) is 3.06. The number of hydrogen-bond donors (Lipinski definition) is 2. The number of nitrogens with two attached hydrogens (primary N) is 2. The molecule has 0 aliphatic rings. The van der Waals surface area contributed by atoms with Crippen molar-refractivity contribution in [2.45, 2.75) is 6.42 Å². The first kappa shape index (κ1) is 9.73. The predicted molar refractivity (Wildman–Crippen MR) is 48.7 cm³/mol. The van der Waals surface area contributed by atoms with E-state index in [9.17, 15) is 4.79 Å². The number of aryl methyl sites for hydroxylation is 1. The van der Waals surface area contributed by atoms with E-state index in [1.165, 1.54) is 0 Å². The molecule has 5 heteroatoms. The van der Waals surface area contributed by atoms with Crippen molar-refractivity contribution in [3.8, 4) is 0 Å². The maximum Gasteiger partial charge on any atom is 0.222 e. The molecular weight excluding hydrogens is 168 g/mol. The van der Waals surface area contributed by atoms with Crippen molar-refractivity contribution in [3.05, 3.63) is 18.0 Å². The Labute approximate surface area is 76.7 Å². The number of primary amides is 1. The summed E-state index contributed by atoms with van der Waals surface area (Å²) < 4.78 is 1.68. The molecule has 1 unspecified atom stereocenters. The summed E-state index contributed by atoms with van der Waals surface area (Å²) in [5.41, 5.74) is 11.5. The third kappa shape index (κ3) is 2.55. The highest BCUT2D eigenvalue weighted by molar-refractivity contribution is 5.77. The van der Waals surface area contributed by atoms with E-state index in [4.69, 9.17) is 11.5 Å². The molecule has 0 bridgehead atoms. The fraction of sp³-hybridized carbons (Fsp3) is 0.500.